The van der Waals surface area contributed by atoms with E-state index in [2.05, 4.69) is 0 Å². The van der Waals surface area contributed by atoms with E-state index in [-0.39, 0.29) is 4.48 Å². The van der Waals surface area contributed by atoms with Crippen LogP contribution >= 0.6 is 0 Å². The molecule has 0 unspecified atom stereocenters. The first-order chi connectivity index (χ1) is 2.94. The van der Waals surface area contributed by atoms with Gasteiger partial charge in [-0.3, -0.25) is 4.48 Å². The molecule has 0 atom stereocenters. The van der Waals surface area contributed by atoms with Crippen LogP contribution in [0, 0.1) is 0 Å². The normalized spacial score (nSPS) is 12.9. The second-order valence-corrected chi connectivity index (χ2v) is 2.39. The zero-order valence-electron chi connectivity index (χ0n) is 4.78. The van der Waals surface area contributed by atoms with Crippen molar-refractivity contribution >= 4 is 0 Å². The highest BCUT2D eigenvalue weighted by molar-refractivity contribution is 4.07. The third kappa shape index (κ3) is 2.51. The summed E-state index contributed by atoms with van der Waals surface area (Å²) >= 11 is 0. The molecule has 0 aromatic carbocycles. The van der Waals surface area contributed by atoms with Gasteiger partial charge in [0.25, 0.3) is 0 Å². The SMILES string of the molecule is C[N+](C)(C)C(F)F. The van der Waals surface area contributed by atoms with E-state index in [0.29, 0.717) is 0 Å². The molecule has 7 heavy (non-hydrogen) atoms. The van der Waals surface area contributed by atoms with E-state index >= 15 is 0 Å². The average Bonchev–Trinajstić information content (AvgIpc) is 1.31. The van der Waals surface area contributed by atoms with Crippen LogP contribution < -0.4 is 0 Å². The van der Waals surface area contributed by atoms with Crippen molar-refractivity contribution in [2.45, 2.75) is 6.55 Å². The Balaban J connectivity index is 3.54. The predicted octanol–water partition coefficient (Wildman–Crippen LogP) is 0.915. The third-order valence-corrected chi connectivity index (χ3v) is 0.586. The molecule has 0 aliphatic carbocycles. The number of alkyl halides is 2. The van der Waals surface area contributed by atoms with Crippen LogP contribution in [0.1, 0.15) is 0 Å². The molecule has 0 radical (unpaired) electrons. The minimum Gasteiger partial charge on any atom is -0.273 e. The first-order valence-corrected chi connectivity index (χ1v) is 2.04. The Morgan fingerprint density at radius 1 is 1.14 bits per heavy atom. The van der Waals surface area contributed by atoms with E-state index in [4.69, 9.17) is 0 Å². The van der Waals surface area contributed by atoms with E-state index < -0.39 is 6.55 Å². The Morgan fingerprint density at radius 3 is 1.29 bits per heavy atom. The standard InChI is InChI=1S/C4H10F2N/c1-7(2,3)4(5)6/h4H,1-3H3/q+1. The molecule has 1 nitrogen and oxygen atoms in total. The summed E-state index contributed by atoms with van der Waals surface area (Å²) in [5.41, 5.74) is 0. The minimum atomic E-state index is -2.26. The molecule has 0 fully saturated rings. The van der Waals surface area contributed by atoms with E-state index in [0.717, 1.165) is 0 Å². The van der Waals surface area contributed by atoms with Gasteiger partial charge in [-0.25, -0.2) is 0 Å². The third-order valence-electron chi connectivity index (χ3n) is 0.586. The molecule has 0 saturated carbocycles. The summed E-state index contributed by atoms with van der Waals surface area (Å²) in [5.74, 6) is 0. The minimum absolute atomic E-state index is 0.278. The highest BCUT2D eigenvalue weighted by Gasteiger charge is 2.19. The summed E-state index contributed by atoms with van der Waals surface area (Å²) in [6, 6.07) is 0. The van der Waals surface area contributed by atoms with Crippen molar-refractivity contribution in [3.63, 3.8) is 0 Å². The van der Waals surface area contributed by atoms with Gasteiger partial charge in [-0.1, -0.05) is 0 Å². The molecule has 3 heteroatoms. The van der Waals surface area contributed by atoms with Crippen molar-refractivity contribution < 1.29 is 13.3 Å². The number of halogens is 2. The van der Waals surface area contributed by atoms with Crippen LogP contribution in [0.25, 0.3) is 0 Å². The molecule has 0 bridgehead atoms. The quantitative estimate of drug-likeness (QED) is 0.348. The van der Waals surface area contributed by atoms with Gasteiger partial charge in [-0.05, 0) is 0 Å². The van der Waals surface area contributed by atoms with E-state index in [1.807, 2.05) is 0 Å². The summed E-state index contributed by atoms with van der Waals surface area (Å²) in [6.45, 7) is -2.26. The van der Waals surface area contributed by atoms with Gasteiger partial charge in [-0.15, -0.1) is 0 Å². The molecule has 0 aromatic rings. The van der Waals surface area contributed by atoms with Crippen LogP contribution in [0.2, 0.25) is 0 Å². The fourth-order valence-electron chi connectivity index (χ4n) is 0. The number of hydrogen-bond acceptors (Lipinski definition) is 0. The van der Waals surface area contributed by atoms with Crippen LogP contribution in [0.3, 0.4) is 0 Å². The van der Waals surface area contributed by atoms with Gasteiger partial charge in [0.05, 0.1) is 21.1 Å². The fraction of sp³-hybridized carbons (Fsp3) is 1.00. The smallest absolute Gasteiger partial charge is 0.273 e. The Bertz CT molecular complexity index is 55.2. The lowest BCUT2D eigenvalue weighted by Gasteiger charge is -2.21. The van der Waals surface area contributed by atoms with E-state index in [1.54, 1.807) is 0 Å². The lowest BCUT2D eigenvalue weighted by Crippen LogP contribution is -2.39. The van der Waals surface area contributed by atoms with Crippen molar-refractivity contribution in [2.24, 2.45) is 0 Å². The van der Waals surface area contributed by atoms with Crippen LogP contribution in [0.4, 0.5) is 8.78 Å². The first-order valence-electron chi connectivity index (χ1n) is 2.04. The van der Waals surface area contributed by atoms with Gasteiger partial charge in [-0.2, -0.15) is 8.78 Å². The van der Waals surface area contributed by atoms with Gasteiger partial charge in [0.15, 0.2) is 0 Å². The maximum Gasteiger partial charge on any atom is 0.380 e. The Kier molecular flexibility index (Phi) is 1.69. The predicted molar refractivity (Wildman–Crippen MR) is 24.0 cm³/mol. The van der Waals surface area contributed by atoms with Crippen LogP contribution in [-0.2, 0) is 0 Å². The highest BCUT2D eigenvalue weighted by Crippen LogP contribution is 2.03. The molecule has 0 spiro atoms. The molecule has 0 saturated heterocycles. The Morgan fingerprint density at radius 2 is 1.29 bits per heavy atom. The molecular weight excluding hydrogens is 100 g/mol. The lowest BCUT2D eigenvalue weighted by molar-refractivity contribution is -0.927. The van der Waals surface area contributed by atoms with Gasteiger partial charge in [0.2, 0.25) is 0 Å². The lowest BCUT2D eigenvalue weighted by atomic mass is 10.7. The summed E-state index contributed by atoms with van der Waals surface area (Å²) in [4.78, 5) is 0. The first kappa shape index (κ1) is 6.82. The summed E-state index contributed by atoms with van der Waals surface area (Å²) < 4.78 is 22.8. The molecule has 0 rings (SSSR count). The molecule has 44 valence electrons. The fourth-order valence-corrected chi connectivity index (χ4v) is 0. The number of rotatable bonds is 1. The Hall–Kier alpha value is -0.180. The Labute approximate surface area is 42.1 Å². The number of quaternary nitrogens is 1. The van der Waals surface area contributed by atoms with Gasteiger partial charge in [0, 0.05) is 0 Å². The van der Waals surface area contributed by atoms with E-state index in [1.165, 1.54) is 21.1 Å². The van der Waals surface area contributed by atoms with Crippen molar-refractivity contribution in [2.75, 3.05) is 21.1 Å². The second kappa shape index (κ2) is 1.74. The monoisotopic (exact) mass is 110 g/mol. The molecule has 0 aromatic heterocycles. The molecule has 0 aliphatic heterocycles. The van der Waals surface area contributed by atoms with Crippen molar-refractivity contribution in [3.05, 3.63) is 0 Å². The zero-order chi connectivity index (χ0) is 6.08. The number of nitrogens with zero attached hydrogens (tertiary/aromatic N) is 1. The number of hydrogen-bond donors (Lipinski definition) is 0. The molecule has 0 N–H and O–H groups in total. The van der Waals surface area contributed by atoms with Crippen molar-refractivity contribution in [1.82, 2.24) is 0 Å². The maximum atomic E-state index is 11.5. The van der Waals surface area contributed by atoms with Crippen LogP contribution in [0.5, 0.6) is 0 Å². The average molecular weight is 110 g/mol. The van der Waals surface area contributed by atoms with E-state index in [9.17, 15) is 8.78 Å². The molecule has 0 aliphatic rings. The van der Waals surface area contributed by atoms with Gasteiger partial charge in [0.1, 0.15) is 0 Å². The maximum absolute atomic E-state index is 11.5. The topological polar surface area (TPSA) is 0 Å². The summed E-state index contributed by atoms with van der Waals surface area (Å²) in [6.07, 6.45) is 0. The van der Waals surface area contributed by atoms with Gasteiger partial charge < -0.3 is 0 Å². The zero-order valence-corrected chi connectivity index (χ0v) is 4.78. The highest BCUT2D eigenvalue weighted by atomic mass is 19.3. The molecule has 0 heterocycles. The van der Waals surface area contributed by atoms with Crippen LogP contribution in [0.15, 0.2) is 0 Å². The van der Waals surface area contributed by atoms with Crippen molar-refractivity contribution in [1.29, 1.82) is 0 Å². The van der Waals surface area contributed by atoms with Gasteiger partial charge >= 0.3 is 6.55 Å². The largest absolute Gasteiger partial charge is 0.380 e. The summed E-state index contributed by atoms with van der Waals surface area (Å²) in [7, 11) is 4.35. The second-order valence-electron chi connectivity index (χ2n) is 2.39. The van der Waals surface area contributed by atoms with Crippen molar-refractivity contribution in [3.8, 4) is 0 Å². The van der Waals surface area contributed by atoms with Crippen LogP contribution in [-0.4, -0.2) is 32.2 Å². The summed E-state index contributed by atoms with van der Waals surface area (Å²) in [5, 5.41) is 0. The molecular formula is C4H10F2N+. The molecule has 0 amide bonds.